The summed E-state index contributed by atoms with van der Waals surface area (Å²) in [4.78, 5) is 19.7. The highest BCUT2D eigenvalue weighted by Gasteiger charge is 2.21. The quantitative estimate of drug-likeness (QED) is 0.562. The molecule has 0 bridgehead atoms. The third-order valence-electron chi connectivity index (χ3n) is 3.50. The summed E-state index contributed by atoms with van der Waals surface area (Å²) in [7, 11) is 0. The van der Waals surface area contributed by atoms with E-state index in [2.05, 4.69) is 24.1 Å². The van der Waals surface area contributed by atoms with Crippen molar-refractivity contribution < 1.29 is 4.79 Å². The molecule has 0 aliphatic heterocycles. The molecule has 4 nitrogen and oxygen atoms in total. The minimum Gasteiger partial charge on any atom is -0.338 e. The number of carbonyl (C=O) groups is 1. The van der Waals surface area contributed by atoms with Crippen LogP contribution in [0.4, 0.5) is 10.8 Å². The SMILES string of the molecule is CCCN(CCC)C(=O)c1sc(Nc2c(Cl)cc(Cl)cc2Cl)nc1C. The Morgan fingerprint density at radius 2 is 1.72 bits per heavy atom. The largest absolute Gasteiger partial charge is 0.338 e. The first kappa shape index (κ1) is 20.3. The number of halogens is 3. The number of nitrogens with zero attached hydrogens (tertiary/aromatic N) is 2. The second-order valence-corrected chi connectivity index (χ2v) is 7.85. The highest BCUT2D eigenvalue weighted by atomic mass is 35.5. The average Bonchev–Trinajstić information content (AvgIpc) is 2.90. The number of aromatic nitrogens is 1. The number of thiazole rings is 1. The fourth-order valence-electron chi connectivity index (χ4n) is 2.42. The molecule has 2 rings (SSSR count). The fourth-order valence-corrected chi connectivity index (χ4v) is 4.27. The van der Waals surface area contributed by atoms with E-state index in [0.717, 1.165) is 25.9 Å². The second kappa shape index (κ2) is 9.08. The Balaban J connectivity index is 2.27. The van der Waals surface area contributed by atoms with E-state index < -0.39 is 0 Å². The highest BCUT2D eigenvalue weighted by molar-refractivity contribution is 7.17. The maximum atomic E-state index is 12.8. The van der Waals surface area contributed by atoms with Gasteiger partial charge in [-0.25, -0.2) is 4.98 Å². The Morgan fingerprint density at radius 3 is 2.24 bits per heavy atom. The zero-order valence-electron chi connectivity index (χ0n) is 14.3. The first-order valence-electron chi connectivity index (χ1n) is 8.05. The molecule has 0 saturated carbocycles. The van der Waals surface area contributed by atoms with E-state index in [9.17, 15) is 4.79 Å². The summed E-state index contributed by atoms with van der Waals surface area (Å²) in [5, 5.41) is 4.93. The van der Waals surface area contributed by atoms with Crippen molar-refractivity contribution in [3.63, 3.8) is 0 Å². The van der Waals surface area contributed by atoms with Crippen LogP contribution >= 0.6 is 46.1 Å². The van der Waals surface area contributed by atoms with Gasteiger partial charge < -0.3 is 10.2 Å². The molecule has 8 heteroatoms. The number of anilines is 2. The van der Waals surface area contributed by atoms with Crippen molar-refractivity contribution >= 4 is 62.9 Å². The Morgan fingerprint density at radius 1 is 1.16 bits per heavy atom. The van der Waals surface area contributed by atoms with Crippen molar-refractivity contribution in [1.29, 1.82) is 0 Å². The molecule has 0 aliphatic carbocycles. The third kappa shape index (κ3) is 5.00. The molecule has 0 saturated heterocycles. The number of hydrogen-bond acceptors (Lipinski definition) is 4. The summed E-state index contributed by atoms with van der Waals surface area (Å²) in [6.07, 6.45) is 1.84. The molecule has 0 radical (unpaired) electrons. The van der Waals surface area contributed by atoms with Crippen LogP contribution in [0.2, 0.25) is 15.1 Å². The maximum absolute atomic E-state index is 12.8. The number of carbonyl (C=O) groups excluding carboxylic acids is 1. The number of benzene rings is 1. The first-order valence-corrected chi connectivity index (χ1v) is 10.0. The van der Waals surface area contributed by atoms with Crippen molar-refractivity contribution in [2.75, 3.05) is 18.4 Å². The van der Waals surface area contributed by atoms with E-state index >= 15 is 0 Å². The van der Waals surface area contributed by atoms with Gasteiger partial charge in [0.25, 0.3) is 5.91 Å². The van der Waals surface area contributed by atoms with E-state index in [1.165, 1.54) is 11.3 Å². The summed E-state index contributed by atoms with van der Waals surface area (Å²) in [6.45, 7) is 7.43. The van der Waals surface area contributed by atoms with Gasteiger partial charge in [0, 0.05) is 18.1 Å². The third-order valence-corrected chi connectivity index (χ3v) is 5.38. The van der Waals surface area contributed by atoms with E-state index in [1.54, 1.807) is 12.1 Å². The molecule has 1 amide bonds. The molecule has 2 aromatic rings. The molecule has 0 atom stereocenters. The topological polar surface area (TPSA) is 45.2 Å². The number of rotatable bonds is 7. The number of hydrogen-bond donors (Lipinski definition) is 1. The zero-order valence-corrected chi connectivity index (χ0v) is 17.4. The Labute approximate surface area is 167 Å². The molecule has 0 aliphatic rings. The molecule has 25 heavy (non-hydrogen) atoms. The minimum absolute atomic E-state index is 0.0139. The molecular weight excluding hydrogens is 401 g/mol. The van der Waals surface area contributed by atoms with Crippen LogP contribution in [0.1, 0.15) is 42.1 Å². The predicted molar refractivity (Wildman–Crippen MR) is 108 cm³/mol. The van der Waals surface area contributed by atoms with Gasteiger partial charge in [0.05, 0.1) is 21.4 Å². The van der Waals surface area contributed by atoms with Crippen LogP contribution in [0.25, 0.3) is 0 Å². The Hall–Kier alpha value is -1.01. The van der Waals surface area contributed by atoms with Crippen LogP contribution in [0, 0.1) is 6.92 Å². The number of nitrogens with one attached hydrogen (secondary N) is 1. The van der Waals surface area contributed by atoms with E-state index in [0.29, 0.717) is 36.5 Å². The van der Waals surface area contributed by atoms with Crippen molar-refractivity contribution in [2.45, 2.75) is 33.6 Å². The van der Waals surface area contributed by atoms with Crippen molar-refractivity contribution in [3.05, 3.63) is 37.8 Å². The van der Waals surface area contributed by atoms with E-state index in [1.807, 2.05) is 11.8 Å². The van der Waals surface area contributed by atoms with E-state index in [-0.39, 0.29) is 5.91 Å². The normalized spacial score (nSPS) is 10.8. The van der Waals surface area contributed by atoms with Gasteiger partial charge in [-0.1, -0.05) is 60.0 Å². The number of amides is 1. The average molecular weight is 421 g/mol. The summed E-state index contributed by atoms with van der Waals surface area (Å²) >= 11 is 19.6. The molecular formula is C17H20Cl3N3OS. The Kier molecular flexibility index (Phi) is 7.37. The fraction of sp³-hybridized carbons (Fsp3) is 0.412. The molecule has 0 spiro atoms. The van der Waals surface area contributed by atoms with Crippen LogP contribution in [-0.4, -0.2) is 28.9 Å². The monoisotopic (exact) mass is 419 g/mol. The lowest BCUT2D eigenvalue weighted by Crippen LogP contribution is -2.32. The summed E-state index contributed by atoms with van der Waals surface area (Å²) in [5.74, 6) is 0.0139. The minimum atomic E-state index is 0.0139. The predicted octanol–water partition coefficient (Wildman–Crippen LogP) is 6.42. The van der Waals surface area contributed by atoms with Gasteiger partial charge in [-0.05, 0) is 31.9 Å². The summed E-state index contributed by atoms with van der Waals surface area (Å²) < 4.78 is 0. The van der Waals surface area contributed by atoms with Crippen molar-refractivity contribution in [3.8, 4) is 0 Å². The number of aryl methyl sites for hydroxylation is 1. The van der Waals surface area contributed by atoms with Crippen LogP contribution in [0.5, 0.6) is 0 Å². The van der Waals surface area contributed by atoms with Gasteiger partial charge in [0.1, 0.15) is 4.88 Å². The molecule has 0 unspecified atom stereocenters. The van der Waals surface area contributed by atoms with E-state index in [4.69, 9.17) is 34.8 Å². The lowest BCUT2D eigenvalue weighted by atomic mass is 10.3. The molecule has 1 N–H and O–H groups in total. The standard InChI is InChI=1S/C17H20Cl3N3OS/c1-4-6-23(7-5-2)16(24)15-10(3)21-17(25-15)22-14-12(19)8-11(18)9-13(14)20/h8-9H,4-7H2,1-3H3,(H,21,22). The smallest absolute Gasteiger partial charge is 0.265 e. The molecule has 1 aromatic carbocycles. The zero-order chi connectivity index (χ0) is 18.6. The highest BCUT2D eigenvalue weighted by Crippen LogP contribution is 2.37. The molecule has 136 valence electrons. The maximum Gasteiger partial charge on any atom is 0.265 e. The van der Waals surface area contributed by atoms with Gasteiger partial charge >= 0.3 is 0 Å². The van der Waals surface area contributed by atoms with Crippen LogP contribution in [0.3, 0.4) is 0 Å². The van der Waals surface area contributed by atoms with Crippen LogP contribution in [-0.2, 0) is 0 Å². The van der Waals surface area contributed by atoms with Gasteiger partial charge in [-0.15, -0.1) is 0 Å². The van der Waals surface area contributed by atoms with Crippen LogP contribution < -0.4 is 5.32 Å². The molecule has 1 aromatic heterocycles. The first-order chi connectivity index (χ1) is 11.9. The second-order valence-electron chi connectivity index (χ2n) is 5.60. The van der Waals surface area contributed by atoms with Crippen LogP contribution in [0.15, 0.2) is 12.1 Å². The van der Waals surface area contributed by atoms with Gasteiger partial charge in [0.15, 0.2) is 5.13 Å². The molecule has 1 heterocycles. The van der Waals surface area contributed by atoms with Gasteiger partial charge in [-0.3, -0.25) is 4.79 Å². The van der Waals surface area contributed by atoms with Gasteiger partial charge in [0.2, 0.25) is 0 Å². The van der Waals surface area contributed by atoms with Gasteiger partial charge in [-0.2, -0.15) is 0 Å². The summed E-state index contributed by atoms with van der Waals surface area (Å²) in [5.41, 5.74) is 1.22. The van der Waals surface area contributed by atoms with Crippen molar-refractivity contribution in [2.24, 2.45) is 0 Å². The lowest BCUT2D eigenvalue weighted by Gasteiger charge is -2.20. The molecule has 0 fully saturated rings. The van der Waals surface area contributed by atoms with Crippen molar-refractivity contribution in [1.82, 2.24) is 9.88 Å². The summed E-state index contributed by atoms with van der Waals surface area (Å²) in [6, 6.07) is 3.21. The lowest BCUT2D eigenvalue weighted by molar-refractivity contribution is 0.0759. The Bertz CT molecular complexity index is 735.